The number of amides is 1. The van der Waals surface area contributed by atoms with Crippen LogP contribution in [0.5, 0.6) is 17.2 Å². The van der Waals surface area contributed by atoms with E-state index in [0.29, 0.717) is 55.2 Å². The van der Waals surface area contributed by atoms with Crippen molar-refractivity contribution in [1.82, 2.24) is 4.90 Å². The van der Waals surface area contributed by atoms with E-state index in [1.54, 1.807) is 23.1 Å². The summed E-state index contributed by atoms with van der Waals surface area (Å²) in [7, 11) is 0. The summed E-state index contributed by atoms with van der Waals surface area (Å²) < 4.78 is 17.6. The van der Waals surface area contributed by atoms with E-state index in [4.69, 9.17) is 14.2 Å². The molecule has 0 radical (unpaired) electrons. The molecule has 2 heterocycles. The molecule has 40 heavy (non-hydrogen) atoms. The molecule has 1 fully saturated rings. The van der Waals surface area contributed by atoms with E-state index in [2.05, 4.69) is 0 Å². The first kappa shape index (κ1) is 27.3. The van der Waals surface area contributed by atoms with Crippen molar-refractivity contribution in [3.8, 4) is 17.2 Å². The molecule has 2 aliphatic heterocycles. The van der Waals surface area contributed by atoms with Crippen molar-refractivity contribution in [2.75, 3.05) is 19.8 Å². The summed E-state index contributed by atoms with van der Waals surface area (Å²) in [6.45, 7) is 7.18. The smallest absolute Gasteiger partial charge is 0.295 e. The molecular weight excluding hydrogens is 506 g/mol. The number of Topliss-reactive ketones (excluding diaryl/α,β-unsaturated/α-hetero) is 1. The molecule has 0 unspecified atom stereocenters. The Bertz CT molecular complexity index is 1430. The standard InChI is InChI=1S/C33H35NO6/c1-4-17-39-27-14-11-23(20-28(27)38-5-2)30-29(31(35)24-12-13-26-25(19-24)18-21(3)40-26)32(36)33(37)34(30)16-15-22-9-7-6-8-10-22/h6-14,19-21,30,35H,4-5,15-18H2,1-3H3/t21-,30+/m1/s1. The molecule has 7 nitrogen and oxygen atoms in total. The van der Waals surface area contributed by atoms with Crippen molar-refractivity contribution in [3.63, 3.8) is 0 Å². The minimum atomic E-state index is -0.786. The highest BCUT2D eigenvalue weighted by molar-refractivity contribution is 6.46. The molecule has 0 spiro atoms. The number of hydrogen-bond acceptors (Lipinski definition) is 6. The first-order valence-electron chi connectivity index (χ1n) is 13.9. The van der Waals surface area contributed by atoms with E-state index >= 15 is 0 Å². The molecule has 0 aliphatic carbocycles. The number of rotatable bonds is 10. The number of ketones is 1. The van der Waals surface area contributed by atoms with Crippen molar-refractivity contribution in [3.05, 3.63) is 94.6 Å². The number of likely N-dealkylation sites (tertiary alicyclic amines) is 1. The maximum Gasteiger partial charge on any atom is 0.295 e. The molecule has 3 aromatic carbocycles. The van der Waals surface area contributed by atoms with Crippen LogP contribution in [0, 0.1) is 0 Å². The lowest BCUT2D eigenvalue weighted by atomic mass is 9.94. The summed E-state index contributed by atoms with van der Waals surface area (Å²) in [4.78, 5) is 28.6. The van der Waals surface area contributed by atoms with E-state index in [0.717, 1.165) is 23.3 Å². The van der Waals surface area contributed by atoms with Gasteiger partial charge in [-0.15, -0.1) is 0 Å². The fraction of sp³-hybridized carbons (Fsp3) is 0.333. The Morgan fingerprint density at radius 1 is 1.00 bits per heavy atom. The van der Waals surface area contributed by atoms with Crippen LogP contribution in [-0.2, 0) is 22.4 Å². The molecular formula is C33H35NO6. The van der Waals surface area contributed by atoms with Gasteiger partial charge in [0.25, 0.3) is 11.7 Å². The zero-order chi connectivity index (χ0) is 28.2. The Morgan fingerprint density at radius 2 is 1.80 bits per heavy atom. The van der Waals surface area contributed by atoms with Gasteiger partial charge in [0.2, 0.25) is 0 Å². The highest BCUT2D eigenvalue weighted by Crippen LogP contribution is 2.43. The Labute approximate surface area is 235 Å². The van der Waals surface area contributed by atoms with Crippen LogP contribution in [0.15, 0.2) is 72.3 Å². The first-order valence-corrected chi connectivity index (χ1v) is 13.9. The molecule has 2 atom stereocenters. The molecule has 2 aliphatic rings. The van der Waals surface area contributed by atoms with Crippen LogP contribution in [0.25, 0.3) is 5.76 Å². The zero-order valence-corrected chi connectivity index (χ0v) is 23.2. The van der Waals surface area contributed by atoms with Crippen LogP contribution >= 0.6 is 0 Å². The Kier molecular flexibility index (Phi) is 8.10. The monoisotopic (exact) mass is 541 g/mol. The number of carbonyl (C=O) groups is 2. The second kappa shape index (κ2) is 11.9. The van der Waals surface area contributed by atoms with E-state index in [9.17, 15) is 14.7 Å². The topological polar surface area (TPSA) is 85.3 Å². The summed E-state index contributed by atoms with van der Waals surface area (Å²) in [5.41, 5.74) is 3.22. The molecule has 1 N–H and O–H groups in total. The highest BCUT2D eigenvalue weighted by Gasteiger charge is 2.46. The largest absolute Gasteiger partial charge is 0.507 e. The van der Waals surface area contributed by atoms with E-state index in [1.165, 1.54) is 0 Å². The molecule has 208 valence electrons. The Hall–Kier alpha value is -4.26. The maximum absolute atomic E-state index is 13.5. The number of nitrogens with zero attached hydrogens (tertiary/aromatic N) is 1. The second-order valence-corrected chi connectivity index (χ2v) is 10.2. The van der Waals surface area contributed by atoms with Gasteiger partial charge >= 0.3 is 0 Å². The van der Waals surface area contributed by atoms with Gasteiger partial charge in [-0.2, -0.15) is 0 Å². The van der Waals surface area contributed by atoms with Gasteiger partial charge in [-0.05, 0) is 73.7 Å². The summed E-state index contributed by atoms with van der Waals surface area (Å²) in [6, 6.07) is 19.9. The van der Waals surface area contributed by atoms with E-state index in [-0.39, 0.29) is 17.4 Å². The molecule has 3 aromatic rings. The molecule has 5 rings (SSSR count). The van der Waals surface area contributed by atoms with Gasteiger partial charge in [-0.25, -0.2) is 0 Å². The summed E-state index contributed by atoms with van der Waals surface area (Å²) in [5, 5.41) is 11.6. The fourth-order valence-electron chi connectivity index (χ4n) is 5.37. The summed E-state index contributed by atoms with van der Waals surface area (Å²) in [6.07, 6.45) is 2.16. The van der Waals surface area contributed by atoms with Gasteiger partial charge < -0.3 is 24.2 Å². The number of aliphatic hydroxyl groups is 1. The summed E-state index contributed by atoms with van der Waals surface area (Å²) in [5.74, 6) is 0.368. The molecule has 7 heteroatoms. The fourth-order valence-corrected chi connectivity index (χ4v) is 5.37. The zero-order valence-electron chi connectivity index (χ0n) is 23.2. The van der Waals surface area contributed by atoms with E-state index in [1.807, 2.05) is 69.3 Å². The average Bonchev–Trinajstić information content (AvgIpc) is 3.46. The lowest BCUT2D eigenvalue weighted by molar-refractivity contribution is -0.139. The predicted molar refractivity (Wildman–Crippen MR) is 153 cm³/mol. The Balaban J connectivity index is 1.59. The van der Waals surface area contributed by atoms with Crippen molar-refractivity contribution < 1.29 is 28.9 Å². The van der Waals surface area contributed by atoms with E-state index < -0.39 is 17.7 Å². The molecule has 0 aromatic heterocycles. The van der Waals surface area contributed by atoms with Gasteiger partial charge in [0.05, 0.1) is 24.8 Å². The van der Waals surface area contributed by atoms with Crippen LogP contribution < -0.4 is 14.2 Å². The van der Waals surface area contributed by atoms with Gasteiger partial charge in [-0.1, -0.05) is 43.3 Å². The van der Waals surface area contributed by atoms with Crippen molar-refractivity contribution in [1.29, 1.82) is 0 Å². The van der Waals surface area contributed by atoms with Crippen LogP contribution in [0.4, 0.5) is 0 Å². The first-order chi connectivity index (χ1) is 19.4. The number of hydrogen-bond donors (Lipinski definition) is 1. The molecule has 0 saturated carbocycles. The average molecular weight is 542 g/mol. The third kappa shape index (κ3) is 5.41. The van der Waals surface area contributed by atoms with Crippen LogP contribution in [0.3, 0.4) is 0 Å². The quantitative estimate of drug-likeness (QED) is 0.197. The highest BCUT2D eigenvalue weighted by atomic mass is 16.5. The maximum atomic E-state index is 13.5. The van der Waals surface area contributed by atoms with Crippen LogP contribution in [0.1, 0.15) is 55.5 Å². The molecule has 1 saturated heterocycles. The van der Waals surface area contributed by atoms with Crippen LogP contribution in [0.2, 0.25) is 0 Å². The molecule has 0 bridgehead atoms. The number of carbonyl (C=O) groups excluding carboxylic acids is 2. The minimum absolute atomic E-state index is 0.0430. The number of aliphatic hydroxyl groups excluding tert-OH is 1. The van der Waals surface area contributed by atoms with Crippen molar-refractivity contribution in [2.45, 2.75) is 52.2 Å². The lowest BCUT2D eigenvalue weighted by Crippen LogP contribution is -2.31. The van der Waals surface area contributed by atoms with Gasteiger partial charge in [0.15, 0.2) is 11.5 Å². The second-order valence-electron chi connectivity index (χ2n) is 10.2. The SMILES string of the molecule is CCCOc1ccc([C@H]2C(=C(O)c3ccc4c(c3)C[C@@H](C)O4)C(=O)C(=O)N2CCc2ccccc2)cc1OCC. The van der Waals surface area contributed by atoms with Gasteiger partial charge in [-0.3, -0.25) is 9.59 Å². The minimum Gasteiger partial charge on any atom is -0.507 e. The van der Waals surface area contributed by atoms with Crippen molar-refractivity contribution in [2.24, 2.45) is 0 Å². The van der Waals surface area contributed by atoms with Crippen LogP contribution in [-0.4, -0.2) is 47.6 Å². The summed E-state index contributed by atoms with van der Waals surface area (Å²) >= 11 is 0. The number of fused-ring (bicyclic) bond motifs is 1. The number of benzene rings is 3. The normalized spacial score (nSPS) is 19.4. The molecule has 1 amide bonds. The predicted octanol–water partition coefficient (Wildman–Crippen LogP) is 5.86. The Morgan fingerprint density at radius 3 is 2.55 bits per heavy atom. The third-order valence-electron chi connectivity index (χ3n) is 7.24. The lowest BCUT2D eigenvalue weighted by Gasteiger charge is -2.26. The van der Waals surface area contributed by atoms with Gasteiger partial charge in [0, 0.05) is 18.5 Å². The van der Waals surface area contributed by atoms with Gasteiger partial charge in [0.1, 0.15) is 17.6 Å². The number of ether oxygens (including phenoxy) is 3. The van der Waals surface area contributed by atoms with Crippen molar-refractivity contribution >= 4 is 17.4 Å². The third-order valence-corrected chi connectivity index (χ3v) is 7.24.